The Morgan fingerprint density at radius 2 is 1.44 bits per heavy atom. The highest BCUT2D eigenvalue weighted by Crippen LogP contribution is 2.32. The highest BCUT2D eigenvalue weighted by Gasteiger charge is 2.17. The number of rotatable bonds is 3. The van der Waals surface area contributed by atoms with Gasteiger partial charge in [-0.25, -0.2) is 8.42 Å². The Kier molecular flexibility index (Phi) is 4.32. The molecule has 25 heavy (non-hydrogen) atoms. The molecule has 9 heteroatoms. The lowest BCUT2D eigenvalue weighted by Gasteiger charge is -2.08. The maximum Gasteiger partial charge on any atom is 0.269 e. The van der Waals surface area contributed by atoms with Gasteiger partial charge in [0.05, 0.1) is 4.90 Å². The summed E-state index contributed by atoms with van der Waals surface area (Å²) in [7, 11) is -3.34. The van der Waals surface area contributed by atoms with Crippen molar-refractivity contribution in [2.45, 2.75) is 4.90 Å². The fourth-order valence-electron chi connectivity index (χ4n) is 2.15. The van der Waals surface area contributed by atoms with Gasteiger partial charge < -0.3 is 9.47 Å². The highest BCUT2D eigenvalue weighted by molar-refractivity contribution is 7.90. The Morgan fingerprint density at radius 1 is 0.880 bits per heavy atom. The van der Waals surface area contributed by atoms with E-state index in [-0.39, 0.29) is 22.8 Å². The van der Waals surface area contributed by atoms with Crippen molar-refractivity contribution in [3.63, 3.8) is 0 Å². The third kappa shape index (κ3) is 3.72. The smallest absolute Gasteiger partial charge is 0.269 e. The van der Waals surface area contributed by atoms with E-state index in [2.05, 4.69) is 10.9 Å². The first-order chi connectivity index (χ1) is 11.8. The first kappa shape index (κ1) is 16.8. The Hall–Kier alpha value is -3.07. The van der Waals surface area contributed by atoms with E-state index in [4.69, 9.17) is 9.47 Å². The van der Waals surface area contributed by atoms with Gasteiger partial charge in [0.15, 0.2) is 21.3 Å². The molecular formula is C16H14N2O6S. The van der Waals surface area contributed by atoms with Gasteiger partial charge in [-0.15, -0.1) is 0 Å². The second kappa shape index (κ2) is 6.44. The summed E-state index contributed by atoms with van der Waals surface area (Å²) < 4.78 is 33.1. The number of ether oxygens (including phenoxy) is 2. The molecule has 0 spiro atoms. The minimum atomic E-state index is -3.34. The van der Waals surface area contributed by atoms with Crippen molar-refractivity contribution >= 4 is 21.7 Å². The van der Waals surface area contributed by atoms with Crippen LogP contribution in [-0.4, -0.2) is 33.3 Å². The average molecular weight is 362 g/mol. The van der Waals surface area contributed by atoms with Gasteiger partial charge in [-0.1, -0.05) is 0 Å². The number of hydrogen-bond donors (Lipinski definition) is 2. The number of amides is 2. The molecule has 0 aromatic heterocycles. The summed E-state index contributed by atoms with van der Waals surface area (Å²) in [4.78, 5) is 24.2. The van der Waals surface area contributed by atoms with Crippen LogP contribution in [0.25, 0.3) is 0 Å². The SMILES string of the molecule is CS(=O)(=O)c1ccc(C(=O)NNC(=O)c2ccc3c(c2)OCO3)cc1. The van der Waals surface area contributed by atoms with E-state index >= 15 is 0 Å². The molecule has 0 fully saturated rings. The van der Waals surface area contributed by atoms with Crippen LogP contribution in [0.3, 0.4) is 0 Å². The molecule has 0 saturated carbocycles. The minimum Gasteiger partial charge on any atom is -0.454 e. The molecule has 0 bridgehead atoms. The molecule has 1 aliphatic heterocycles. The topological polar surface area (TPSA) is 111 Å². The molecule has 8 nitrogen and oxygen atoms in total. The fraction of sp³-hybridized carbons (Fsp3) is 0.125. The Labute approximate surface area is 143 Å². The molecule has 130 valence electrons. The number of benzene rings is 2. The van der Waals surface area contributed by atoms with Gasteiger partial charge in [-0.3, -0.25) is 20.4 Å². The lowest BCUT2D eigenvalue weighted by molar-refractivity contribution is 0.0846. The summed E-state index contributed by atoms with van der Waals surface area (Å²) in [6, 6.07) is 10.0. The molecule has 0 saturated heterocycles. The van der Waals surface area contributed by atoms with Crippen molar-refractivity contribution < 1.29 is 27.5 Å². The zero-order valence-electron chi connectivity index (χ0n) is 13.1. The van der Waals surface area contributed by atoms with Crippen LogP contribution in [0.4, 0.5) is 0 Å². The average Bonchev–Trinajstić information content (AvgIpc) is 3.06. The van der Waals surface area contributed by atoms with Crippen LogP contribution in [0, 0.1) is 0 Å². The van der Waals surface area contributed by atoms with Crippen LogP contribution in [0.5, 0.6) is 11.5 Å². The third-order valence-electron chi connectivity index (χ3n) is 3.47. The Morgan fingerprint density at radius 3 is 2.08 bits per heavy atom. The van der Waals surface area contributed by atoms with Crippen LogP contribution >= 0.6 is 0 Å². The minimum absolute atomic E-state index is 0.0978. The molecule has 2 aromatic rings. The van der Waals surface area contributed by atoms with Gasteiger partial charge in [-0.2, -0.15) is 0 Å². The quantitative estimate of drug-likeness (QED) is 0.785. The van der Waals surface area contributed by atoms with E-state index in [1.54, 1.807) is 6.07 Å². The molecule has 0 radical (unpaired) electrons. The monoisotopic (exact) mass is 362 g/mol. The maximum atomic E-state index is 12.1. The number of fused-ring (bicyclic) bond motifs is 1. The van der Waals surface area contributed by atoms with Crippen molar-refractivity contribution in [1.29, 1.82) is 0 Å². The Balaban J connectivity index is 1.63. The van der Waals surface area contributed by atoms with Crippen molar-refractivity contribution in [3.8, 4) is 11.5 Å². The van der Waals surface area contributed by atoms with E-state index < -0.39 is 21.7 Å². The third-order valence-corrected chi connectivity index (χ3v) is 4.60. The standard InChI is InChI=1S/C16H14N2O6S/c1-25(21,22)12-5-2-10(3-6-12)15(19)17-18-16(20)11-4-7-13-14(8-11)24-9-23-13/h2-8H,9H2,1H3,(H,17,19)(H,18,20). The van der Waals surface area contributed by atoms with Gasteiger partial charge in [0.25, 0.3) is 11.8 Å². The number of sulfone groups is 1. The van der Waals surface area contributed by atoms with Crippen LogP contribution < -0.4 is 20.3 Å². The van der Waals surface area contributed by atoms with Crippen molar-refractivity contribution in [3.05, 3.63) is 53.6 Å². The molecule has 2 N–H and O–H groups in total. The van der Waals surface area contributed by atoms with Gasteiger partial charge in [0.2, 0.25) is 6.79 Å². The maximum absolute atomic E-state index is 12.1. The molecule has 2 amide bonds. The fourth-order valence-corrected chi connectivity index (χ4v) is 2.78. The lowest BCUT2D eigenvalue weighted by atomic mass is 10.2. The largest absolute Gasteiger partial charge is 0.454 e. The normalized spacial score (nSPS) is 12.5. The lowest BCUT2D eigenvalue weighted by Crippen LogP contribution is -2.41. The van der Waals surface area contributed by atoms with E-state index in [0.29, 0.717) is 11.5 Å². The van der Waals surface area contributed by atoms with Crippen molar-refractivity contribution in [1.82, 2.24) is 10.9 Å². The number of hydrazine groups is 1. The Bertz CT molecular complexity index is 938. The second-order valence-electron chi connectivity index (χ2n) is 5.27. The zero-order chi connectivity index (χ0) is 18.0. The van der Waals surface area contributed by atoms with Crippen LogP contribution in [-0.2, 0) is 9.84 Å². The molecular weight excluding hydrogens is 348 g/mol. The second-order valence-corrected chi connectivity index (χ2v) is 7.29. The predicted molar refractivity (Wildman–Crippen MR) is 87.0 cm³/mol. The number of hydrogen-bond acceptors (Lipinski definition) is 6. The molecule has 0 atom stereocenters. The van der Waals surface area contributed by atoms with Gasteiger partial charge in [0.1, 0.15) is 0 Å². The molecule has 0 unspecified atom stereocenters. The zero-order valence-corrected chi connectivity index (χ0v) is 13.9. The predicted octanol–water partition coefficient (Wildman–Crippen LogP) is 0.894. The summed E-state index contributed by atoms with van der Waals surface area (Å²) in [5, 5.41) is 0. The highest BCUT2D eigenvalue weighted by atomic mass is 32.2. The number of carbonyl (C=O) groups excluding carboxylic acids is 2. The van der Waals surface area contributed by atoms with Crippen LogP contribution in [0.2, 0.25) is 0 Å². The summed E-state index contributed by atoms with van der Waals surface area (Å²) in [6.07, 6.45) is 1.08. The molecule has 1 aliphatic rings. The molecule has 0 aliphatic carbocycles. The molecule has 3 rings (SSSR count). The summed E-state index contributed by atoms with van der Waals surface area (Å²) >= 11 is 0. The first-order valence-electron chi connectivity index (χ1n) is 7.15. The molecule has 1 heterocycles. The van der Waals surface area contributed by atoms with E-state index in [1.807, 2.05) is 0 Å². The van der Waals surface area contributed by atoms with Crippen LogP contribution in [0.1, 0.15) is 20.7 Å². The van der Waals surface area contributed by atoms with Gasteiger partial charge in [-0.05, 0) is 42.5 Å². The van der Waals surface area contributed by atoms with E-state index in [9.17, 15) is 18.0 Å². The van der Waals surface area contributed by atoms with Gasteiger partial charge >= 0.3 is 0 Å². The summed E-state index contributed by atoms with van der Waals surface area (Å²) in [6.45, 7) is 0.0978. The molecule has 2 aromatic carbocycles. The van der Waals surface area contributed by atoms with Crippen LogP contribution in [0.15, 0.2) is 47.4 Å². The number of nitrogens with one attached hydrogen (secondary N) is 2. The first-order valence-corrected chi connectivity index (χ1v) is 9.04. The van der Waals surface area contributed by atoms with Gasteiger partial charge in [0, 0.05) is 17.4 Å². The summed E-state index contributed by atoms with van der Waals surface area (Å²) in [5.74, 6) is -0.101. The van der Waals surface area contributed by atoms with Crippen molar-refractivity contribution in [2.24, 2.45) is 0 Å². The van der Waals surface area contributed by atoms with E-state index in [0.717, 1.165) is 6.26 Å². The van der Waals surface area contributed by atoms with E-state index in [1.165, 1.54) is 36.4 Å². The summed E-state index contributed by atoms with van der Waals surface area (Å²) in [5.41, 5.74) is 5.04. The number of carbonyl (C=O) groups is 2. The van der Waals surface area contributed by atoms with Crippen molar-refractivity contribution in [2.75, 3.05) is 13.0 Å².